The van der Waals surface area contributed by atoms with Crippen LogP contribution in [0.5, 0.6) is 11.5 Å². The fraction of sp³-hybridized carbons (Fsp3) is 0.296. The Morgan fingerprint density at radius 1 is 0.935 bits per heavy atom. The van der Waals surface area contributed by atoms with E-state index in [1.807, 2.05) is 49.4 Å². The monoisotopic (exact) mass is 418 g/mol. The predicted molar refractivity (Wildman–Crippen MR) is 124 cm³/mol. The molecule has 0 amide bonds. The summed E-state index contributed by atoms with van der Waals surface area (Å²) in [7, 11) is 0. The van der Waals surface area contributed by atoms with Gasteiger partial charge in [-0.1, -0.05) is 67.9 Å². The molecule has 0 fully saturated rings. The maximum atomic E-state index is 10.7. The molecule has 0 spiro atoms. The van der Waals surface area contributed by atoms with Gasteiger partial charge < -0.3 is 14.6 Å². The summed E-state index contributed by atoms with van der Waals surface area (Å²) < 4.78 is 12.1. The minimum atomic E-state index is -0.782. The number of benzene rings is 3. The van der Waals surface area contributed by atoms with Gasteiger partial charge in [-0.2, -0.15) is 0 Å². The van der Waals surface area contributed by atoms with Gasteiger partial charge in [0.2, 0.25) is 0 Å². The van der Waals surface area contributed by atoms with Gasteiger partial charge in [0.25, 0.3) is 0 Å². The third kappa shape index (κ3) is 6.35. The van der Waals surface area contributed by atoms with Crippen LogP contribution in [0.25, 0.3) is 11.1 Å². The number of aliphatic carboxylic acids is 1. The van der Waals surface area contributed by atoms with Gasteiger partial charge in [0.1, 0.15) is 17.6 Å². The third-order valence-electron chi connectivity index (χ3n) is 5.16. The molecule has 3 aromatic rings. The molecule has 0 aliphatic heterocycles. The van der Waals surface area contributed by atoms with Crippen LogP contribution in [0.4, 0.5) is 0 Å². The summed E-state index contributed by atoms with van der Waals surface area (Å²) in [4.78, 5) is 10.7. The number of hydrogen-bond acceptors (Lipinski definition) is 3. The SMILES string of the molecule is CCCC(Oc1ccc(CCC(=O)O)cc1)c1ccc(-c2ccccc2OCC)cc1. The van der Waals surface area contributed by atoms with Gasteiger partial charge in [0.15, 0.2) is 0 Å². The molecule has 0 heterocycles. The van der Waals surface area contributed by atoms with Crippen molar-refractivity contribution in [3.63, 3.8) is 0 Å². The lowest BCUT2D eigenvalue weighted by Gasteiger charge is -2.20. The Morgan fingerprint density at radius 2 is 1.65 bits per heavy atom. The first-order valence-electron chi connectivity index (χ1n) is 10.9. The predicted octanol–water partition coefficient (Wildman–Crippen LogP) is 6.69. The molecule has 3 rings (SSSR count). The van der Waals surface area contributed by atoms with Crippen molar-refractivity contribution in [1.29, 1.82) is 0 Å². The summed E-state index contributed by atoms with van der Waals surface area (Å²) in [6, 6.07) is 24.3. The first-order valence-corrected chi connectivity index (χ1v) is 10.9. The Hall–Kier alpha value is -3.27. The van der Waals surface area contributed by atoms with Gasteiger partial charge in [0.05, 0.1) is 6.61 Å². The maximum Gasteiger partial charge on any atom is 0.303 e. The summed E-state index contributed by atoms with van der Waals surface area (Å²) in [6.45, 7) is 4.78. The van der Waals surface area contributed by atoms with Gasteiger partial charge >= 0.3 is 5.97 Å². The molecule has 0 aliphatic rings. The van der Waals surface area contributed by atoms with Crippen LogP contribution in [0, 0.1) is 0 Å². The largest absolute Gasteiger partial charge is 0.493 e. The lowest BCUT2D eigenvalue weighted by Crippen LogP contribution is -2.07. The lowest BCUT2D eigenvalue weighted by molar-refractivity contribution is -0.136. The molecule has 0 bridgehead atoms. The van der Waals surface area contributed by atoms with Crippen molar-refractivity contribution < 1.29 is 19.4 Å². The number of carbonyl (C=O) groups is 1. The molecule has 0 saturated carbocycles. The number of carboxylic acid groups (broad SMARTS) is 1. The van der Waals surface area contributed by atoms with Crippen molar-refractivity contribution in [2.24, 2.45) is 0 Å². The van der Waals surface area contributed by atoms with E-state index in [2.05, 4.69) is 37.3 Å². The summed E-state index contributed by atoms with van der Waals surface area (Å²) in [5.74, 6) is 0.904. The summed E-state index contributed by atoms with van der Waals surface area (Å²) in [5.41, 5.74) is 4.33. The Morgan fingerprint density at radius 3 is 2.29 bits per heavy atom. The third-order valence-corrected chi connectivity index (χ3v) is 5.16. The van der Waals surface area contributed by atoms with E-state index in [4.69, 9.17) is 14.6 Å². The summed E-state index contributed by atoms with van der Waals surface area (Å²) in [5, 5.41) is 8.84. The van der Waals surface area contributed by atoms with Crippen LogP contribution in [0.3, 0.4) is 0 Å². The molecule has 31 heavy (non-hydrogen) atoms. The van der Waals surface area contributed by atoms with E-state index in [1.54, 1.807) is 0 Å². The van der Waals surface area contributed by atoms with E-state index >= 15 is 0 Å². The second kappa shape index (κ2) is 11.2. The highest BCUT2D eigenvalue weighted by Crippen LogP contribution is 2.32. The zero-order chi connectivity index (χ0) is 22.1. The molecule has 162 valence electrons. The van der Waals surface area contributed by atoms with Crippen molar-refractivity contribution in [1.82, 2.24) is 0 Å². The number of rotatable bonds is 11. The fourth-order valence-electron chi connectivity index (χ4n) is 3.57. The number of aryl methyl sites for hydroxylation is 1. The standard InChI is InChI=1S/C27H30O4/c1-3-7-25(31-23-17-10-20(11-18-23)12-19-27(28)29)22-15-13-21(14-16-22)24-8-5-6-9-26(24)30-4-2/h5-6,8-11,13-18,25H,3-4,7,12,19H2,1-2H3,(H,28,29). The minimum absolute atomic E-state index is 0.0361. The summed E-state index contributed by atoms with van der Waals surface area (Å²) in [6.07, 6.45) is 2.55. The molecule has 4 nitrogen and oxygen atoms in total. The van der Waals surface area contributed by atoms with Crippen molar-refractivity contribution in [3.05, 3.63) is 83.9 Å². The Kier molecular flexibility index (Phi) is 8.11. The second-order valence-electron chi connectivity index (χ2n) is 7.48. The number of para-hydroxylation sites is 1. The molecule has 1 atom stereocenters. The molecule has 0 aliphatic carbocycles. The molecule has 1 N–H and O–H groups in total. The number of ether oxygens (including phenoxy) is 2. The zero-order valence-corrected chi connectivity index (χ0v) is 18.2. The Bertz CT molecular complexity index is 961. The normalized spacial score (nSPS) is 11.7. The summed E-state index contributed by atoms with van der Waals surface area (Å²) >= 11 is 0. The lowest BCUT2D eigenvalue weighted by atomic mass is 9.99. The molecule has 4 heteroatoms. The second-order valence-corrected chi connectivity index (χ2v) is 7.48. The maximum absolute atomic E-state index is 10.7. The van der Waals surface area contributed by atoms with E-state index in [1.165, 1.54) is 0 Å². The van der Waals surface area contributed by atoms with E-state index in [0.717, 1.165) is 46.6 Å². The van der Waals surface area contributed by atoms with Gasteiger partial charge in [-0.25, -0.2) is 0 Å². The first-order chi connectivity index (χ1) is 15.1. The zero-order valence-electron chi connectivity index (χ0n) is 18.2. The molecular weight excluding hydrogens is 388 g/mol. The highest BCUT2D eigenvalue weighted by Gasteiger charge is 2.14. The van der Waals surface area contributed by atoms with E-state index in [-0.39, 0.29) is 12.5 Å². The van der Waals surface area contributed by atoms with Gasteiger partial charge in [-0.3, -0.25) is 4.79 Å². The van der Waals surface area contributed by atoms with Crippen LogP contribution in [-0.4, -0.2) is 17.7 Å². The van der Waals surface area contributed by atoms with Crippen molar-refractivity contribution >= 4 is 5.97 Å². The fourth-order valence-corrected chi connectivity index (χ4v) is 3.57. The van der Waals surface area contributed by atoms with Crippen LogP contribution in [0.1, 0.15) is 50.3 Å². The van der Waals surface area contributed by atoms with Gasteiger partial charge in [-0.15, -0.1) is 0 Å². The van der Waals surface area contributed by atoms with Crippen LogP contribution < -0.4 is 9.47 Å². The smallest absolute Gasteiger partial charge is 0.303 e. The molecule has 3 aromatic carbocycles. The van der Waals surface area contributed by atoms with Crippen LogP contribution in [0.2, 0.25) is 0 Å². The van der Waals surface area contributed by atoms with E-state index in [9.17, 15) is 4.79 Å². The Balaban J connectivity index is 1.74. The van der Waals surface area contributed by atoms with Crippen molar-refractivity contribution in [2.75, 3.05) is 6.61 Å². The Labute approximate surface area is 184 Å². The quantitative estimate of drug-likeness (QED) is 0.377. The highest BCUT2D eigenvalue weighted by molar-refractivity contribution is 5.70. The molecule has 0 saturated heterocycles. The molecule has 0 radical (unpaired) electrons. The molecule has 0 aromatic heterocycles. The van der Waals surface area contributed by atoms with Crippen LogP contribution in [0.15, 0.2) is 72.8 Å². The van der Waals surface area contributed by atoms with Crippen molar-refractivity contribution in [3.8, 4) is 22.6 Å². The molecule has 1 unspecified atom stereocenters. The van der Waals surface area contributed by atoms with Crippen molar-refractivity contribution in [2.45, 2.75) is 45.6 Å². The minimum Gasteiger partial charge on any atom is -0.493 e. The first kappa shape index (κ1) is 22.4. The van der Waals surface area contributed by atoms with Gasteiger partial charge in [-0.05, 0) is 54.7 Å². The van der Waals surface area contributed by atoms with Crippen LogP contribution in [-0.2, 0) is 11.2 Å². The number of carboxylic acids is 1. The topological polar surface area (TPSA) is 55.8 Å². The average Bonchev–Trinajstić information content (AvgIpc) is 2.79. The van der Waals surface area contributed by atoms with E-state index in [0.29, 0.717) is 13.0 Å². The van der Waals surface area contributed by atoms with Gasteiger partial charge in [0, 0.05) is 12.0 Å². The molecular formula is C27H30O4. The highest BCUT2D eigenvalue weighted by atomic mass is 16.5. The van der Waals surface area contributed by atoms with E-state index < -0.39 is 5.97 Å². The number of hydrogen-bond donors (Lipinski definition) is 1. The van der Waals surface area contributed by atoms with Crippen LogP contribution >= 0.6 is 0 Å². The average molecular weight is 419 g/mol.